The van der Waals surface area contributed by atoms with E-state index in [2.05, 4.69) is 5.32 Å². The SMILES string of the molecule is C[C@@H]1Cc2cc(S(=O)(=O)CCC(=O)NCc3ccccc3)ccc2N1C(=O)C1CC1. The number of hydrogen-bond donors (Lipinski definition) is 1. The second kappa shape index (κ2) is 8.22. The molecule has 7 heteroatoms. The predicted molar refractivity (Wildman–Crippen MR) is 115 cm³/mol. The number of hydrogen-bond acceptors (Lipinski definition) is 4. The zero-order valence-electron chi connectivity index (χ0n) is 17.0. The maximum atomic E-state index is 12.8. The molecule has 1 aliphatic carbocycles. The fraction of sp³-hybridized carbons (Fsp3) is 0.391. The predicted octanol–water partition coefficient (Wildman–Crippen LogP) is 2.85. The van der Waals surface area contributed by atoms with Crippen molar-refractivity contribution in [3.05, 3.63) is 59.7 Å². The Bertz CT molecular complexity index is 1060. The zero-order valence-corrected chi connectivity index (χ0v) is 17.8. The van der Waals surface area contributed by atoms with Gasteiger partial charge in [0.05, 0.1) is 10.6 Å². The summed E-state index contributed by atoms with van der Waals surface area (Å²) in [5.41, 5.74) is 2.66. The van der Waals surface area contributed by atoms with Gasteiger partial charge in [0.25, 0.3) is 0 Å². The molecule has 0 unspecified atom stereocenters. The first-order chi connectivity index (χ1) is 14.3. The van der Waals surface area contributed by atoms with Crippen LogP contribution in [0.2, 0.25) is 0 Å². The molecule has 4 rings (SSSR count). The van der Waals surface area contributed by atoms with E-state index in [4.69, 9.17) is 0 Å². The standard InChI is InChI=1S/C23H26N2O4S/c1-16-13-19-14-20(9-10-21(19)25(16)23(27)18-7-8-18)30(28,29)12-11-22(26)24-15-17-5-3-2-4-6-17/h2-6,9-10,14,16,18H,7-8,11-13,15H2,1H3,(H,24,26)/t16-/m1/s1. The second-order valence-corrected chi connectivity index (χ2v) is 10.3. The van der Waals surface area contributed by atoms with Crippen LogP contribution in [0.4, 0.5) is 5.69 Å². The zero-order chi connectivity index (χ0) is 21.3. The number of carbonyl (C=O) groups excluding carboxylic acids is 2. The molecule has 1 aliphatic heterocycles. The van der Waals surface area contributed by atoms with E-state index in [0.29, 0.717) is 13.0 Å². The highest BCUT2D eigenvalue weighted by Crippen LogP contribution is 2.39. The lowest BCUT2D eigenvalue weighted by Gasteiger charge is -2.22. The average Bonchev–Trinajstić information content (AvgIpc) is 3.53. The summed E-state index contributed by atoms with van der Waals surface area (Å²) in [7, 11) is -3.58. The van der Waals surface area contributed by atoms with Gasteiger partial charge >= 0.3 is 0 Å². The summed E-state index contributed by atoms with van der Waals surface area (Å²) in [5, 5.41) is 2.76. The molecular weight excluding hydrogens is 400 g/mol. The van der Waals surface area contributed by atoms with Crippen molar-refractivity contribution < 1.29 is 18.0 Å². The highest BCUT2D eigenvalue weighted by Gasteiger charge is 2.39. The van der Waals surface area contributed by atoms with Crippen molar-refractivity contribution >= 4 is 27.3 Å². The van der Waals surface area contributed by atoms with E-state index in [0.717, 1.165) is 29.7 Å². The monoisotopic (exact) mass is 426 g/mol. The van der Waals surface area contributed by atoms with Gasteiger partial charge in [-0.3, -0.25) is 9.59 Å². The summed E-state index contributed by atoms with van der Waals surface area (Å²) in [5.74, 6) is -0.270. The average molecular weight is 427 g/mol. The van der Waals surface area contributed by atoms with Crippen LogP contribution in [0.25, 0.3) is 0 Å². The van der Waals surface area contributed by atoms with Crippen molar-refractivity contribution in [1.29, 1.82) is 0 Å². The fourth-order valence-corrected chi connectivity index (χ4v) is 5.18. The third-order valence-electron chi connectivity index (χ3n) is 5.72. The Labute approximate surface area is 177 Å². The lowest BCUT2D eigenvalue weighted by Crippen LogP contribution is -2.36. The third-order valence-corrected chi connectivity index (χ3v) is 7.43. The van der Waals surface area contributed by atoms with Crippen LogP contribution in [0, 0.1) is 5.92 Å². The van der Waals surface area contributed by atoms with Crippen LogP contribution in [0.1, 0.15) is 37.3 Å². The number of benzene rings is 2. The molecule has 158 valence electrons. The van der Waals surface area contributed by atoms with Gasteiger partial charge in [0.1, 0.15) is 0 Å². The second-order valence-electron chi connectivity index (χ2n) is 8.16. The third kappa shape index (κ3) is 4.41. The van der Waals surface area contributed by atoms with E-state index >= 15 is 0 Å². The van der Waals surface area contributed by atoms with Gasteiger partial charge in [0, 0.05) is 30.6 Å². The van der Waals surface area contributed by atoms with E-state index in [1.807, 2.05) is 42.2 Å². The molecule has 6 nitrogen and oxygen atoms in total. The topological polar surface area (TPSA) is 83.6 Å². The highest BCUT2D eigenvalue weighted by atomic mass is 32.2. The lowest BCUT2D eigenvalue weighted by atomic mass is 10.1. The highest BCUT2D eigenvalue weighted by molar-refractivity contribution is 7.91. The molecular formula is C23H26N2O4S. The van der Waals surface area contributed by atoms with Gasteiger partial charge < -0.3 is 10.2 Å². The number of nitrogens with zero attached hydrogens (tertiary/aromatic N) is 1. The van der Waals surface area contributed by atoms with Crippen molar-refractivity contribution in [1.82, 2.24) is 5.32 Å². The summed E-state index contributed by atoms with van der Waals surface area (Å²) in [4.78, 5) is 26.7. The molecule has 30 heavy (non-hydrogen) atoms. The number of fused-ring (bicyclic) bond motifs is 1. The van der Waals surface area contributed by atoms with Gasteiger partial charge in [0.15, 0.2) is 9.84 Å². The van der Waals surface area contributed by atoms with Gasteiger partial charge in [-0.15, -0.1) is 0 Å². The first-order valence-corrected chi connectivity index (χ1v) is 12.0. The summed E-state index contributed by atoms with van der Waals surface area (Å²) in [6.45, 7) is 2.37. The number of anilines is 1. The van der Waals surface area contributed by atoms with Crippen molar-refractivity contribution in [2.24, 2.45) is 5.92 Å². The summed E-state index contributed by atoms with van der Waals surface area (Å²) >= 11 is 0. The summed E-state index contributed by atoms with van der Waals surface area (Å²) < 4.78 is 25.5. The van der Waals surface area contributed by atoms with Crippen LogP contribution in [0.3, 0.4) is 0 Å². The molecule has 0 bridgehead atoms. The van der Waals surface area contributed by atoms with E-state index < -0.39 is 9.84 Å². The van der Waals surface area contributed by atoms with Gasteiger partial charge in [-0.2, -0.15) is 0 Å². The van der Waals surface area contributed by atoms with E-state index in [1.165, 1.54) is 0 Å². The number of amides is 2. The van der Waals surface area contributed by atoms with Crippen LogP contribution in [0.15, 0.2) is 53.4 Å². The Morgan fingerprint density at radius 3 is 2.53 bits per heavy atom. The molecule has 0 aromatic heterocycles. The van der Waals surface area contributed by atoms with E-state index in [1.54, 1.807) is 18.2 Å². The first kappa shape index (κ1) is 20.6. The molecule has 0 spiro atoms. The molecule has 1 saturated carbocycles. The lowest BCUT2D eigenvalue weighted by molar-refractivity contribution is -0.121. The van der Waals surface area contributed by atoms with Crippen molar-refractivity contribution in [2.75, 3.05) is 10.7 Å². The molecule has 1 heterocycles. The van der Waals surface area contributed by atoms with Crippen molar-refractivity contribution in [3.63, 3.8) is 0 Å². The molecule has 1 fully saturated rings. The van der Waals surface area contributed by atoms with Crippen LogP contribution in [-0.2, 0) is 32.4 Å². The van der Waals surface area contributed by atoms with E-state index in [9.17, 15) is 18.0 Å². The molecule has 1 atom stereocenters. The van der Waals surface area contributed by atoms with E-state index in [-0.39, 0.29) is 40.8 Å². The van der Waals surface area contributed by atoms with Crippen LogP contribution in [-0.4, -0.2) is 32.0 Å². The maximum Gasteiger partial charge on any atom is 0.230 e. The van der Waals surface area contributed by atoms with Crippen LogP contribution < -0.4 is 10.2 Å². The van der Waals surface area contributed by atoms with Gasteiger partial charge in [0.2, 0.25) is 11.8 Å². The Morgan fingerprint density at radius 2 is 1.83 bits per heavy atom. The van der Waals surface area contributed by atoms with Crippen molar-refractivity contribution in [2.45, 2.75) is 50.1 Å². The minimum atomic E-state index is -3.58. The molecule has 2 aliphatic rings. The quantitative estimate of drug-likeness (QED) is 0.738. The Hall–Kier alpha value is -2.67. The molecule has 1 N–H and O–H groups in total. The molecule has 2 aromatic carbocycles. The van der Waals surface area contributed by atoms with Gasteiger partial charge in [-0.05, 0) is 55.5 Å². The minimum Gasteiger partial charge on any atom is -0.352 e. The smallest absolute Gasteiger partial charge is 0.230 e. The number of sulfone groups is 1. The Balaban J connectivity index is 1.39. The molecule has 2 amide bonds. The van der Waals surface area contributed by atoms with Gasteiger partial charge in [-0.1, -0.05) is 30.3 Å². The van der Waals surface area contributed by atoms with Crippen molar-refractivity contribution in [3.8, 4) is 0 Å². The minimum absolute atomic E-state index is 0.0369. The fourth-order valence-electron chi connectivity index (χ4n) is 3.89. The normalized spacial score (nSPS) is 18.2. The molecule has 2 aromatic rings. The molecule has 0 saturated heterocycles. The number of nitrogens with one attached hydrogen (secondary N) is 1. The summed E-state index contributed by atoms with van der Waals surface area (Å²) in [6.07, 6.45) is 2.44. The van der Waals surface area contributed by atoms with Crippen LogP contribution in [0.5, 0.6) is 0 Å². The first-order valence-electron chi connectivity index (χ1n) is 10.3. The Kier molecular flexibility index (Phi) is 5.64. The number of rotatable bonds is 7. The Morgan fingerprint density at radius 1 is 1.10 bits per heavy atom. The number of carbonyl (C=O) groups is 2. The summed E-state index contributed by atoms with van der Waals surface area (Å²) in [6, 6.07) is 14.5. The van der Waals surface area contributed by atoms with Crippen LogP contribution >= 0.6 is 0 Å². The maximum absolute atomic E-state index is 12.8. The molecule has 0 radical (unpaired) electrons. The van der Waals surface area contributed by atoms with Gasteiger partial charge in [-0.25, -0.2) is 8.42 Å². The largest absolute Gasteiger partial charge is 0.352 e.